The highest BCUT2D eigenvalue weighted by Gasteiger charge is 2.05. The van der Waals surface area contributed by atoms with Crippen LogP contribution in [0.5, 0.6) is 0 Å². The molecular weight excluding hydrogens is 178 g/mol. The smallest absolute Gasteiger partial charge is 0.338 e. The zero-order chi connectivity index (χ0) is 11.0. The van der Waals surface area contributed by atoms with Gasteiger partial charge in [-0.2, -0.15) is 0 Å². The Labute approximate surface area is 85.3 Å². The lowest BCUT2D eigenvalue weighted by atomic mass is 10.3. The lowest BCUT2D eigenvalue weighted by Crippen LogP contribution is -2.31. The maximum absolute atomic E-state index is 11.0. The van der Waals surface area contributed by atoms with Gasteiger partial charge < -0.3 is 4.74 Å². The maximum Gasteiger partial charge on any atom is 0.338 e. The second-order valence-corrected chi connectivity index (χ2v) is 2.41. The van der Waals surface area contributed by atoms with Gasteiger partial charge in [-0.05, 0) is 6.92 Å². The molecule has 0 fully saturated rings. The molecule has 1 rings (SSSR count). The largest absolute Gasteiger partial charge is 0.465 e. The normalized spacial score (nSPS) is 8.57. The minimum absolute atomic E-state index is 0.293. The number of hydrogen-bond acceptors (Lipinski definition) is 2. The number of carbonyl (C=O) groups is 1. The van der Waals surface area contributed by atoms with E-state index in [9.17, 15) is 4.79 Å². The fourth-order valence-corrected chi connectivity index (χ4v) is 0.922. The van der Waals surface area contributed by atoms with E-state index >= 15 is 0 Å². The Balaban J connectivity index is 0.000000791. The number of aryl methyl sites for hydroxylation is 1. The summed E-state index contributed by atoms with van der Waals surface area (Å²) in [6.45, 7) is 6.94. The summed E-state index contributed by atoms with van der Waals surface area (Å²) in [5, 5.41) is 0. The van der Waals surface area contributed by atoms with Gasteiger partial charge in [-0.3, -0.25) is 0 Å². The topological polar surface area (TPSA) is 30.2 Å². The molecule has 0 spiro atoms. The molecule has 3 nitrogen and oxygen atoms in total. The number of nitrogens with zero attached hydrogens (tertiary/aromatic N) is 1. The van der Waals surface area contributed by atoms with Crippen molar-refractivity contribution in [3.63, 3.8) is 0 Å². The SMILES string of the molecule is CC.CC[n+]1ccc(C(=O)OC)cc1. The summed E-state index contributed by atoms with van der Waals surface area (Å²) in [7, 11) is 1.38. The van der Waals surface area contributed by atoms with Crippen LogP contribution in [0.2, 0.25) is 0 Å². The second-order valence-electron chi connectivity index (χ2n) is 2.41. The first-order valence-corrected chi connectivity index (χ1v) is 4.85. The van der Waals surface area contributed by atoms with Crippen LogP contribution in [0.3, 0.4) is 0 Å². The van der Waals surface area contributed by atoms with E-state index in [1.807, 2.05) is 37.7 Å². The molecule has 0 aliphatic rings. The summed E-state index contributed by atoms with van der Waals surface area (Å²) < 4.78 is 6.54. The first kappa shape index (κ1) is 12.6. The van der Waals surface area contributed by atoms with Crippen molar-refractivity contribution in [2.45, 2.75) is 27.3 Å². The average Bonchev–Trinajstić information content (AvgIpc) is 2.31. The molecule has 0 saturated carbocycles. The monoisotopic (exact) mass is 196 g/mol. The minimum Gasteiger partial charge on any atom is -0.465 e. The predicted octanol–water partition coefficient (Wildman–Crippen LogP) is 1.81. The summed E-state index contributed by atoms with van der Waals surface area (Å²) in [5.74, 6) is -0.293. The quantitative estimate of drug-likeness (QED) is 0.533. The Bertz CT molecular complexity index is 267. The molecule has 0 radical (unpaired) electrons. The van der Waals surface area contributed by atoms with Crippen LogP contribution < -0.4 is 4.57 Å². The molecule has 0 saturated heterocycles. The van der Waals surface area contributed by atoms with Crippen LogP contribution in [0, 0.1) is 0 Å². The van der Waals surface area contributed by atoms with E-state index in [4.69, 9.17) is 0 Å². The number of pyridine rings is 1. The molecule has 0 aromatic carbocycles. The van der Waals surface area contributed by atoms with E-state index in [1.54, 1.807) is 12.1 Å². The van der Waals surface area contributed by atoms with Crippen LogP contribution in [0.1, 0.15) is 31.1 Å². The number of esters is 1. The molecule has 78 valence electrons. The number of hydrogen-bond donors (Lipinski definition) is 0. The van der Waals surface area contributed by atoms with Crippen molar-refractivity contribution >= 4 is 5.97 Å². The summed E-state index contributed by atoms with van der Waals surface area (Å²) >= 11 is 0. The molecule has 0 unspecified atom stereocenters. The number of carbonyl (C=O) groups excluding carboxylic acids is 1. The minimum atomic E-state index is -0.293. The Morgan fingerprint density at radius 2 is 1.86 bits per heavy atom. The summed E-state index contributed by atoms with van der Waals surface area (Å²) in [4.78, 5) is 11.0. The van der Waals surface area contributed by atoms with Crippen LogP contribution in [-0.2, 0) is 11.3 Å². The van der Waals surface area contributed by atoms with E-state index in [0.29, 0.717) is 5.56 Å². The van der Waals surface area contributed by atoms with Crippen LogP contribution in [0.15, 0.2) is 24.5 Å². The van der Waals surface area contributed by atoms with Crippen LogP contribution >= 0.6 is 0 Å². The highest BCUT2D eigenvalue weighted by atomic mass is 16.5. The second kappa shape index (κ2) is 7.06. The number of rotatable bonds is 2. The van der Waals surface area contributed by atoms with Crippen molar-refractivity contribution in [2.24, 2.45) is 0 Å². The van der Waals surface area contributed by atoms with Crippen molar-refractivity contribution in [2.75, 3.05) is 7.11 Å². The van der Waals surface area contributed by atoms with Crippen LogP contribution in [-0.4, -0.2) is 13.1 Å². The van der Waals surface area contributed by atoms with Crippen LogP contribution in [0.25, 0.3) is 0 Å². The van der Waals surface area contributed by atoms with E-state index in [0.717, 1.165) is 6.54 Å². The Morgan fingerprint density at radius 3 is 2.21 bits per heavy atom. The van der Waals surface area contributed by atoms with Gasteiger partial charge in [0.15, 0.2) is 12.4 Å². The molecule has 0 bridgehead atoms. The standard InChI is InChI=1S/C9H12NO2.C2H6/c1-3-10-6-4-8(5-7-10)9(11)12-2;1-2/h4-7H,3H2,1-2H3;1-2H3/q+1;. The van der Waals surface area contributed by atoms with Gasteiger partial charge in [-0.1, -0.05) is 13.8 Å². The summed E-state index contributed by atoms with van der Waals surface area (Å²) in [5.41, 5.74) is 0.585. The molecular formula is C11H18NO2+. The molecule has 0 aliphatic heterocycles. The average molecular weight is 196 g/mol. The van der Waals surface area contributed by atoms with Crippen molar-refractivity contribution in [3.8, 4) is 0 Å². The molecule has 14 heavy (non-hydrogen) atoms. The zero-order valence-corrected chi connectivity index (χ0v) is 9.28. The van der Waals surface area contributed by atoms with Gasteiger partial charge >= 0.3 is 5.97 Å². The van der Waals surface area contributed by atoms with Gasteiger partial charge in [-0.25, -0.2) is 9.36 Å². The molecule has 1 aromatic rings. The van der Waals surface area contributed by atoms with E-state index < -0.39 is 0 Å². The van der Waals surface area contributed by atoms with Crippen molar-refractivity contribution < 1.29 is 14.1 Å². The Morgan fingerprint density at radius 1 is 1.36 bits per heavy atom. The molecule has 3 heteroatoms. The third-order valence-corrected chi connectivity index (χ3v) is 1.68. The van der Waals surface area contributed by atoms with Gasteiger partial charge in [0.1, 0.15) is 6.54 Å². The molecule has 0 N–H and O–H groups in total. The van der Waals surface area contributed by atoms with Gasteiger partial charge in [0.05, 0.1) is 12.7 Å². The van der Waals surface area contributed by atoms with Crippen molar-refractivity contribution in [1.82, 2.24) is 0 Å². The molecule has 0 aliphatic carbocycles. The lowest BCUT2D eigenvalue weighted by molar-refractivity contribution is -0.693. The molecule has 1 heterocycles. The van der Waals surface area contributed by atoms with Gasteiger partial charge in [0, 0.05) is 12.1 Å². The third-order valence-electron chi connectivity index (χ3n) is 1.68. The van der Waals surface area contributed by atoms with E-state index in [2.05, 4.69) is 4.74 Å². The highest BCUT2D eigenvalue weighted by Crippen LogP contribution is 1.96. The third kappa shape index (κ3) is 3.56. The van der Waals surface area contributed by atoms with E-state index in [-0.39, 0.29) is 5.97 Å². The van der Waals surface area contributed by atoms with Crippen molar-refractivity contribution in [3.05, 3.63) is 30.1 Å². The molecule has 0 atom stereocenters. The fourth-order valence-electron chi connectivity index (χ4n) is 0.922. The summed E-state index contributed by atoms with van der Waals surface area (Å²) in [6, 6.07) is 3.49. The summed E-state index contributed by atoms with van der Waals surface area (Å²) in [6.07, 6.45) is 3.71. The first-order valence-electron chi connectivity index (χ1n) is 4.85. The van der Waals surface area contributed by atoms with Crippen molar-refractivity contribution in [1.29, 1.82) is 0 Å². The Hall–Kier alpha value is -1.38. The molecule has 0 amide bonds. The van der Waals surface area contributed by atoms with E-state index in [1.165, 1.54) is 7.11 Å². The highest BCUT2D eigenvalue weighted by molar-refractivity contribution is 5.88. The number of methoxy groups -OCH3 is 1. The van der Waals surface area contributed by atoms with Gasteiger partial charge in [0.2, 0.25) is 0 Å². The van der Waals surface area contributed by atoms with Crippen LogP contribution in [0.4, 0.5) is 0 Å². The fraction of sp³-hybridized carbons (Fsp3) is 0.455. The number of aromatic nitrogens is 1. The molecule has 1 aromatic heterocycles. The maximum atomic E-state index is 11.0. The lowest BCUT2D eigenvalue weighted by Gasteiger charge is -1.96. The van der Waals surface area contributed by atoms with Gasteiger partial charge in [-0.15, -0.1) is 0 Å². The first-order chi connectivity index (χ1) is 6.77. The number of ether oxygens (including phenoxy) is 1. The predicted molar refractivity (Wildman–Crippen MR) is 55.0 cm³/mol. The van der Waals surface area contributed by atoms with Gasteiger partial charge in [0.25, 0.3) is 0 Å². The Kier molecular flexibility index (Phi) is 6.37. The zero-order valence-electron chi connectivity index (χ0n) is 9.28.